The van der Waals surface area contributed by atoms with Gasteiger partial charge in [-0.2, -0.15) is 27.8 Å². The number of carbonyl (C=O) groups excluding carboxylic acids is 1. The molecule has 0 aliphatic carbocycles. The zero-order chi connectivity index (χ0) is 21.3. The second kappa shape index (κ2) is 7.98. The smallest absolute Gasteiger partial charge is 0.433 e. The Kier molecular flexibility index (Phi) is 5.37. The van der Waals surface area contributed by atoms with Crippen LogP contribution in [0.15, 0.2) is 36.7 Å². The van der Waals surface area contributed by atoms with Crippen LogP contribution < -0.4 is 9.64 Å². The van der Waals surface area contributed by atoms with Crippen molar-refractivity contribution in [3.05, 3.63) is 47.4 Å². The zero-order valence-electron chi connectivity index (χ0n) is 15.5. The third kappa shape index (κ3) is 4.25. The zero-order valence-corrected chi connectivity index (χ0v) is 16.3. The van der Waals surface area contributed by atoms with Crippen molar-refractivity contribution in [1.82, 2.24) is 24.5 Å². The van der Waals surface area contributed by atoms with Gasteiger partial charge in [0.1, 0.15) is 17.9 Å². The lowest BCUT2D eigenvalue weighted by Crippen LogP contribution is -2.50. The first-order valence-electron chi connectivity index (χ1n) is 9.00. The minimum absolute atomic E-state index is 0.130. The van der Waals surface area contributed by atoms with E-state index < -0.39 is 11.9 Å². The number of ether oxygens (including phenoxy) is 1. The third-order valence-electron chi connectivity index (χ3n) is 4.66. The summed E-state index contributed by atoms with van der Waals surface area (Å²) in [6.07, 6.45) is -3.45. The molecule has 1 fully saturated rings. The van der Waals surface area contributed by atoms with Crippen LogP contribution in [-0.2, 0) is 11.0 Å². The molecule has 0 bridgehead atoms. The van der Waals surface area contributed by atoms with Crippen LogP contribution in [-0.4, -0.2) is 63.2 Å². The van der Waals surface area contributed by atoms with Crippen LogP contribution in [0.5, 0.6) is 5.75 Å². The van der Waals surface area contributed by atoms with Crippen LogP contribution in [0.4, 0.5) is 19.0 Å². The summed E-state index contributed by atoms with van der Waals surface area (Å²) >= 11 is 5.81. The molecule has 0 spiro atoms. The monoisotopic (exact) mass is 440 g/mol. The Balaban J connectivity index is 1.41. The lowest BCUT2D eigenvalue weighted by Gasteiger charge is -2.36. The van der Waals surface area contributed by atoms with Crippen LogP contribution in [0.3, 0.4) is 0 Å². The van der Waals surface area contributed by atoms with Crippen LogP contribution in [0.1, 0.15) is 5.69 Å². The van der Waals surface area contributed by atoms with Gasteiger partial charge in [-0.05, 0) is 24.3 Å². The highest BCUT2D eigenvalue weighted by atomic mass is 35.5. The first-order valence-corrected chi connectivity index (χ1v) is 9.38. The highest BCUT2D eigenvalue weighted by molar-refractivity contribution is 6.30. The van der Waals surface area contributed by atoms with E-state index >= 15 is 0 Å². The van der Waals surface area contributed by atoms with Crippen molar-refractivity contribution >= 4 is 29.1 Å². The predicted octanol–water partition coefficient (Wildman–Crippen LogP) is 2.52. The molecule has 2 aromatic heterocycles. The summed E-state index contributed by atoms with van der Waals surface area (Å²) in [4.78, 5) is 23.0. The second-order valence-electron chi connectivity index (χ2n) is 6.58. The normalized spacial score (nSPS) is 14.9. The summed E-state index contributed by atoms with van der Waals surface area (Å²) in [5.74, 6) is 0.418. The minimum Gasteiger partial charge on any atom is -0.484 e. The molecule has 0 unspecified atom stereocenters. The van der Waals surface area contributed by atoms with E-state index in [1.807, 2.05) is 0 Å². The van der Waals surface area contributed by atoms with Gasteiger partial charge in [0, 0.05) is 37.3 Å². The van der Waals surface area contributed by atoms with Crippen LogP contribution in [0.25, 0.3) is 5.78 Å². The topological polar surface area (TPSA) is 75.9 Å². The molecule has 0 N–H and O–H groups in total. The van der Waals surface area contributed by atoms with Gasteiger partial charge in [-0.15, -0.1) is 0 Å². The van der Waals surface area contributed by atoms with E-state index in [1.54, 1.807) is 34.1 Å². The Morgan fingerprint density at radius 1 is 1.13 bits per heavy atom. The van der Waals surface area contributed by atoms with Crippen LogP contribution in [0.2, 0.25) is 5.02 Å². The molecule has 3 heterocycles. The number of alkyl halides is 3. The van der Waals surface area contributed by atoms with Crippen molar-refractivity contribution in [2.45, 2.75) is 6.18 Å². The van der Waals surface area contributed by atoms with E-state index in [1.165, 1.54) is 4.52 Å². The van der Waals surface area contributed by atoms with Gasteiger partial charge in [-0.1, -0.05) is 11.6 Å². The molecule has 0 saturated carbocycles. The number of rotatable bonds is 4. The lowest BCUT2D eigenvalue weighted by molar-refractivity contribution is -0.141. The first-order chi connectivity index (χ1) is 14.3. The Hall–Kier alpha value is -3.08. The molecule has 1 aliphatic heterocycles. The Labute approximate surface area is 173 Å². The number of hydrogen-bond acceptors (Lipinski definition) is 6. The summed E-state index contributed by atoms with van der Waals surface area (Å²) in [6.45, 7) is 1.21. The van der Waals surface area contributed by atoms with E-state index in [0.29, 0.717) is 37.0 Å². The molecule has 158 valence electrons. The number of fused-ring (bicyclic) bond motifs is 1. The third-order valence-corrected chi connectivity index (χ3v) is 4.91. The molecular formula is C18H16ClF3N6O2. The molecular weight excluding hydrogens is 425 g/mol. The molecule has 1 amide bonds. The number of nitrogens with zero attached hydrogens (tertiary/aromatic N) is 6. The largest absolute Gasteiger partial charge is 0.484 e. The van der Waals surface area contributed by atoms with Gasteiger partial charge < -0.3 is 14.5 Å². The fourth-order valence-corrected chi connectivity index (χ4v) is 3.25. The van der Waals surface area contributed by atoms with E-state index in [9.17, 15) is 18.0 Å². The first kappa shape index (κ1) is 20.2. The standard InChI is InChI=1S/C18H16ClF3N6O2/c19-12-1-3-13(4-2-12)30-10-16(29)27-7-5-26(6-8-27)15-9-14(18(20,21)22)25-17-23-11-24-28(15)17/h1-4,9,11H,5-8,10H2. The highest BCUT2D eigenvalue weighted by Gasteiger charge is 2.35. The number of halogens is 4. The number of anilines is 1. The van der Waals surface area contributed by atoms with Gasteiger partial charge in [0.25, 0.3) is 11.7 Å². The number of piperazine rings is 1. The van der Waals surface area contributed by atoms with Gasteiger partial charge in [0.05, 0.1) is 0 Å². The second-order valence-corrected chi connectivity index (χ2v) is 7.02. The summed E-state index contributed by atoms with van der Waals surface area (Å²) in [7, 11) is 0. The van der Waals surface area contributed by atoms with Crippen LogP contribution in [0, 0.1) is 0 Å². The van der Waals surface area contributed by atoms with Gasteiger partial charge in [0.15, 0.2) is 12.3 Å². The Morgan fingerprint density at radius 2 is 1.83 bits per heavy atom. The van der Waals surface area contributed by atoms with Crippen molar-refractivity contribution in [2.75, 3.05) is 37.7 Å². The molecule has 12 heteroatoms. The summed E-state index contributed by atoms with van der Waals surface area (Å²) < 4.78 is 46.2. The molecule has 30 heavy (non-hydrogen) atoms. The quantitative estimate of drug-likeness (QED) is 0.620. The van der Waals surface area contributed by atoms with E-state index in [-0.39, 0.29) is 24.1 Å². The van der Waals surface area contributed by atoms with Crippen molar-refractivity contribution < 1.29 is 22.7 Å². The molecule has 1 aromatic carbocycles. The van der Waals surface area contributed by atoms with Gasteiger partial charge in [0.2, 0.25) is 0 Å². The average molecular weight is 441 g/mol. The maximum Gasteiger partial charge on any atom is 0.433 e. The number of carbonyl (C=O) groups is 1. The molecule has 8 nitrogen and oxygen atoms in total. The van der Waals surface area contributed by atoms with Crippen LogP contribution >= 0.6 is 11.6 Å². The molecule has 0 radical (unpaired) electrons. The minimum atomic E-state index is -4.60. The molecule has 1 saturated heterocycles. The SMILES string of the molecule is O=C(COc1ccc(Cl)cc1)N1CCN(c2cc(C(F)(F)F)nc3ncnn23)CC1. The van der Waals surface area contributed by atoms with Gasteiger partial charge in [-0.3, -0.25) is 4.79 Å². The van der Waals surface area contributed by atoms with Gasteiger partial charge in [-0.25, -0.2) is 4.98 Å². The fourth-order valence-electron chi connectivity index (χ4n) is 3.12. The Morgan fingerprint density at radius 3 is 2.50 bits per heavy atom. The molecule has 1 aliphatic rings. The van der Waals surface area contributed by atoms with Gasteiger partial charge >= 0.3 is 6.18 Å². The average Bonchev–Trinajstić information content (AvgIpc) is 3.21. The van der Waals surface area contributed by atoms with E-state index in [0.717, 1.165) is 12.4 Å². The summed E-state index contributed by atoms with van der Waals surface area (Å²) in [5.41, 5.74) is -1.03. The molecule has 4 rings (SSSR count). The van der Waals surface area contributed by atoms with Crippen molar-refractivity contribution in [1.29, 1.82) is 0 Å². The number of amides is 1. The fraction of sp³-hybridized carbons (Fsp3) is 0.333. The van der Waals surface area contributed by atoms with E-state index in [2.05, 4.69) is 15.1 Å². The van der Waals surface area contributed by atoms with Crippen molar-refractivity contribution in [3.8, 4) is 5.75 Å². The van der Waals surface area contributed by atoms with Crippen molar-refractivity contribution in [3.63, 3.8) is 0 Å². The lowest BCUT2D eigenvalue weighted by atomic mass is 10.3. The maximum absolute atomic E-state index is 13.2. The number of benzene rings is 1. The number of hydrogen-bond donors (Lipinski definition) is 0. The van der Waals surface area contributed by atoms with E-state index in [4.69, 9.17) is 16.3 Å². The predicted molar refractivity (Wildman–Crippen MR) is 102 cm³/mol. The summed E-state index contributed by atoms with van der Waals surface area (Å²) in [6, 6.07) is 7.60. The van der Waals surface area contributed by atoms with Crippen molar-refractivity contribution in [2.24, 2.45) is 0 Å². The highest BCUT2D eigenvalue weighted by Crippen LogP contribution is 2.30. The Bertz CT molecular complexity index is 1050. The molecule has 0 atom stereocenters. The number of aromatic nitrogens is 4. The summed E-state index contributed by atoms with van der Waals surface area (Å²) in [5, 5.41) is 4.53. The maximum atomic E-state index is 13.2. The molecule has 3 aromatic rings.